The quantitative estimate of drug-likeness (QED) is 0.199. The SMILES string of the molecule is C/C=C(C)\C=C(\c1cccc(-c2ccc(N3CCCC3=O)c(F)c2)c1O)C(C)CC.CC.CCCCCNCCC. The summed E-state index contributed by atoms with van der Waals surface area (Å²) in [6.07, 6.45) is 11.6. The summed E-state index contributed by atoms with van der Waals surface area (Å²) in [5.74, 6) is -0.0807. The van der Waals surface area contributed by atoms with Crippen molar-refractivity contribution in [2.75, 3.05) is 24.5 Å². The molecule has 1 unspecified atom stereocenters. The lowest BCUT2D eigenvalue weighted by molar-refractivity contribution is -0.117. The maximum Gasteiger partial charge on any atom is 0.227 e. The van der Waals surface area contributed by atoms with E-state index in [9.17, 15) is 14.3 Å². The highest BCUT2D eigenvalue weighted by Gasteiger charge is 2.25. The number of amides is 1. The first-order valence-electron chi connectivity index (χ1n) is 15.8. The van der Waals surface area contributed by atoms with Gasteiger partial charge in [-0.3, -0.25) is 4.79 Å². The van der Waals surface area contributed by atoms with Gasteiger partial charge in [-0.05, 0) is 81.8 Å². The normalized spacial score (nSPS) is 14.3. The molecule has 2 aromatic carbocycles. The van der Waals surface area contributed by atoms with E-state index in [4.69, 9.17) is 0 Å². The van der Waals surface area contributed by atoms with Crippen LogP contribution in [0.2, 0.25) is 0 Å². The molecule has 5 heteroatoms. The number of rotatable bonds is 12. The van der Waals surface area contributed by atoms with Gasteiger partial charge >= 0.3 is 0 Å². The van der Waals surface area contributed by atoms with Crippen molar-refractivity contribution in [1.82, 2.24) is 5.32 Å². The number of nitrogens with one attached hydrogen (secondary N) is 1. The molecule has 2 N–H and O–H groups in total. The van der Waals surface area contributed by atoms with Gasteiger partial charge in [0.2, 0.25) is 5.91 Å². The molecule has 2 aromatic rings. The standard InChI is InChI=1S/C26H30FNO2.C8H19N.C2H6/c1-5-17(3)15-22(18(4)6-2)21-10-7-9-20(26(21)30)19-12-13-24(23(27)16-19)28-14-8-11-25(28)29;1-3-5-6-8-9-7-4-2;1-2/h5,7,9-10,12-13,15-16,18,30H,6,8,11,14H2,1-4H3;9H,3-8H2,1-2H3;1-2H3/b17-5-,22-15+;;. The van der Waals surface area contributed by atoms with Crippen LogP contribution in [0.15, 0.2) is 54.1 Å². The highest BCUT2D eigenvalue weighted by molar-refractivity contribution is 5.95. The molecule has 41 heavy (non-hydrogen) atoms. The van der Waals surface area contributed by atoms with Gasteiger partial charge in [-0.1, -0.05) is 96.4 Å². The smallest absolute Gasteiger partial charge is 0.227 e. The summed E-state index contributed by atoms with van der Waals surface area (Å²) in [7, 11) is 0. The fourth-order valence-corrected chi connectivity index (χ4v) is 4.64. The van der Waals surface area contributed by atoms with Crippen LogP contribution in [-0.2, 0) is 4.79 Å². The Labute approximate surface area is 249 Å². The zero-order valence-electron chi connectivity index (χ0n) is 26.9. The van der Waals surface area contributed by atoms with Crippen LogP contribution in [0.3, 0.4) is 0 Å². The van der Waals surface area contributed by atoms with Gasteiger partial charge in [0.15, 0.2) is 0 Å². The molecule has 0 aliphatic carbocycles. The monoisotopic (exact) mass is 566 g/mol. The predicted octanol–water partition coefficient (Wildman–Crippen LogP) is 9.92. The Balaban J connectivity index is 0.000000653. The lowest BCUT2D eigenvalue weighted by Gasteiger charge is -2.19. The summed E-state index contributed by atoms with van der Waals surface area (Å²) >= 11 is 0. The number of unbranched alkanes of at least 4 members (excludes halogenated alkanes) is 2. The molecular formula is C36H55FN2O2. The first-order valence-corrected chi connectivity index (χ1v) is 15.8. The van der Waals surface area contributed by atoms with Crippen LogP contribution in [0, 0.1) is 11.7 Å². The van der Waals surface area contributed by atoms with Crippen molar-refractivity contribution in [3.05, 3.63) is 65.5 Å². The van der Waals surface area contributed by atoms with Gasteiger partial charge in [0.05, 0.1) is 5.69 Å². The fraction of sp³-hybridized carbons (Fsp3) is 0.528. The van der Waals surface area contributed by atoms with Crippen molar-refractivity contribution >= 4 is 17.2 Å². The summed E-state index contributed by atoms with van der Waals surface area (Å²) in [5, 5.41) is 14.5. The Morgan fingerprint density at radius 3 is 2.39 bits per heavy atom. The van der Waals surface area contributed by atoms with Crippen molar-refractivity contribution in [3.8, 4) is 16.9 Å². The fourth-order valence-electron chi connectivity index (χ4n) is 4.64. The highest BCUT2D eigenvalue weighted by atomic mass is 19.1. The van der Waals surface area contributed by atoms with E-state index in [0.717, 1.165) is 29.6 Å². The van der Waals surface area contributed by atoms with Crippen LogP contribution in [0.1, 0.15) is 106 Å². The van der Waals surface area contributed by atoms with Gasteiger partial charge in [0.1, 0.15) is 11.6 Å². The maximum atomic E-state index is 14.9. The Hall–Kier alpha value is -2.92. The zero-order chi connectivity index (χ0) is 30.8. The number of anilines is 1. The van der Waals surface area contributed by atoms with Crippen LogP contribution < -0.4 is 10.2 Å². The van der Waals surface area contributed by atoms with Crippen LogP contribution in [0.5, 0.6) is 5.75 Å². The van der Waals surface area contributed by atoms with Gasteiger partial charge in [0.25, 0.3) is 0 Å². The second-order valence-electron chi connectivity index (χ2n) is 10.4. The second kappa shape index (κ2) is 20.0. The third kappa shape index (κ3) is 11.1. The topological polar surface area (TPSA) is 52.6 Å². The third-order valence-corrected chi connectivity index (χ3v) is 7.34. The van der Waals surface area contributed by atoms with E-state index in [1.165, 1.54) is 49.7 Å². The maximum absolute atomic E-state index is 14.9. The number of carbonyl (C=O) groups is 1. The van der Waals surface area contributed by atoms with E-state index in [0.29, 0.717) is 29.8 Å². The molecule has 3 rings (SSSR count). The number of carbonyl (C=O) groups excluding carboxylic acids is 1. The number of para-hydroxylation sites is 1. The first-order chi connectivity index (χ1) is 19.8. The molecule has 0 radical (unpaired) electrons. The lowest BCUT2D eigenvalue weighted by atomic mass is 9.88. The average molecular weight is 567 g/mol. The highest BCUT2D eigenvalue weighted by Crippen LogP contribution is 2.40. The van der Waals surface area contributed by atoms with Crippen LogP contribution in [-0.4, -0.2) is 30.6 Å². The molecular weight excluding hydrogens is 511 g/mol. The molecule has 0 saturated carbocycles. The van der Waals surface area contributed by atoms with Gasteiger partial charge in [-0.25, -0.2) is 4.39 Å². The number of benzene rings is 2. The van der Waals surface area contributed by atoms with E-state index in [1.54, 1.807) is 18.2 Å². The number of allylic oxidation sites excluding steroid dienone is 4. The van der Waals surface area contributed by atoms with Crippen molar-refractivity contribution in [2.24, 2.45) is 5.92 Å². The molecule has 1 aliphatic heterocycles. The average Bonchev–Trinajstić information content (AvgIpc) is 3.42. The molecule has 1 aliphatic rings. The molecule has 1 amide bonds. The van der Waals surface area contributed by atoms with Gasteiger partial charge in [-0.2, -0.15) is 0 Å². The van der Waals surface area contributed by atoms with E-state index in [2.05, 4.69) is 39.1 Å². The Kier molecular flexibility index (Phi) is 17.6. The Morgan fingerprint density at radius 1 is 1.10 bits per heavy atom. The lowest BCUT2D eigenvalue weighted by Crippen LogP contribution is -2.24. The first kappa shape index (κ1) is 36.1. The van der Waals surface area contributed by atoms with Crippen molar-refractivity contribution in [1.29, 1.82) is 0 Å². The van der Waals surface area contributed by atoms with E-state index in [1.807, 2.05) is 45.9 Å². The summed E-state index contributed by atoms with van der Waals surface area (Å²) in [6, 6.07) is 10.4. The summed E-state index contributed by atoms with van der Waals surface area (Å²) in [5.41, 5.74) is 4.43. The van der Waals surface area contributed by atoms with Crippen molar-refractivity contribution in [2.45, 2.75) is 100 Å². The van der Waals surface area contributed by atoms with Crippen LogP contribution in [0.25, 0.3) is 16.7 Å². The van der Waals surface area contributed by atoms with Crippen molar-refractivity contribution in [3.63, 3.8) is 0 Å². The minimum absolute atomic E-state index is 0.0471. The molecule has 0 bridgehead atoms. The minimum Gasteiger partial charge on any atom is -0.507 e. The van der Waals surface area contributed by atoms with Crippen molar-refractivity contribution < 1.29 is 14.3 Å². The molecule has 1 heterocycles. The van der Waals surface area contributed by atoms with E-state index in [-0.39, 0.29) is 17.6 Å². The molecule has 0 spiro atoms. The summed E-state index contributed by atoms with van der Waals surface area (Å²) in [4.78, 5) is 13.5. The number of phenols is 1. The molecule has 4 nitrogen and oxygen atoms in total. The number of halogens is 1. The number of phenolic OH excluding ortho intramolecular Hbond substituents is 1. The number of aromatic hydroxyl groups is 1. The van der Waals surface area contributed by atoms with Gasteiger partial charge < -0.3 is 15.3 Å². The summed E-state index contributed by atoms with van der Waals surface area (Å²) in [6.45, 7) is 19.7. The predicted molar refractivity (Wildman–Crippen MR) is 176 cm³/mol. The molecule has 1 atom stereocenters. The zero-order valence-corrected chi connectivity index (χ0v) is 26.9. The molecule has 1 fully saturated rings. The molecule has 228 valence electrons. The second-order valence-corrected chi connectivity index (χ2v) is 10.4. The third-order valence-electron chi connectivity index (χ3n) is 7.34. The number of nitrogens with zero attached hydrogens (tertiary/aromatic N) is 1. The number of hydrogen-bond acceptors (Lipinski definition) is 3. The van der Waals surface area contributed by atoms with E-state index >= 15 is 0 Å². The molecule has 0 aromatic heterocycles. The van der Waals surface area contributed by atoms with E-state index < -0.39 is 5.82 Å². The van der Waals surface area contributed by atoms with Gasteiger partial charge in [0, 0.05) is 24.1 Å². The van der Waals surface area contributed by atoms with Crippen LogP contribution >= 0.6 is 0 Å². The summed E-state index contributed by atoms with van der Waals surface area (Å²) < 4.78 is 14.9. The van der Waals surface area contributed by atoms with Crippen LogP contribution in [0.4, 0.5) is 10.1 Å². The number of hydrogen-bond donors (Lipinski definition) is 2. The Morgan fingerprint density at radius 2 is 1.83 bits per heavy atom. The van der Waals surface area contributed by atoms with Gasteiger partial charge in [-0.15, -0.1) is 0 Å². The minimum atomic E-state index is -0.449. The Bertz CT molecular complexity index is 1120. The largest absolute Gasteiger partial charge is 0.507 e. The molecule has 1 saturated heterocycles.